The van der Waals surface area contributed by atoms with E-state index in [0.717, 1.165) is 6.07 Å². The summed E-state index contributed by atoms with van der Waals surface area (Å²) in [5.41, 5.74) is -1.91. The highest BCUT2D eigenvalue weighted by Crippen LogP contribution is 2.43. The van der Waals surface area contributed by atoms with E-state index in [1.54, 1.807) is 0 Å². The molecule has 0 spiro atoms. The third kappa shape index (κ3) is 3.66. The quantitative estimate of drug-likeness (QED) is 0.351. The van der Waals surface area contributed by atoms with E-state index < -0.39 is 23.4 Å². The maximum absolute atomic E-state index is 13.0. The number of aliphatic hydroxyl groups excluding tert-OH is 1. The van der Waals surface area contributed by atoms with Crippen LogP contribution in [0.3, 0.4) is 0 Å². The number of fused-ring (bicyclic) bond motifs is 2. The topological polar surface area (TPSA) is 76.5 Å². The molecular weight excluding hydrogens is 363 g/mol. The lowest BCUT2D eigenvalue weighted by atomic mass is 9.83. The molecule has 8 heteroatoms. The molecule has 3 rings (SSSR count). The molecule has 2 aliphatic rings. The first-order valence-corrected chi connectivity index (χ1v) is 8.51. The summed E-state index contributed by atoms with van der Waals surface area (Å²) in [5.74, 6) is -2.12. The van der Waals surface area contributed by atoms with Gasteiger partial charge in [0.2, 0.25) is 5.78 Å². The first kappa shape index (κ1) is 19.3. The molecule has 2 bridgehead atoms. The Morgan fingerprint density at radius 1 is 1.33 bits per heavy atom. The Morgan fingerprint density at radius 2 is 2.04 bits per heavy atom. The van der Waals surface area contributed by atoms with Gasteiger partial charge < -0.3 is 9.84 Å². The highest BCUT2D eigenvalue weighted by Gasteiger charge is 2.44. The fraction of sp³-hybridized carbons (Fsp3) is 0.421. The van der Waals surface area contributed by atoms with Crippen molar-refractivity contribution in [3.63, 3.8) is 0 Å². The molecule has 2 aliphatic carbocycles. The van der Waals surface area contributed by atoms with E-state index in [4.69, 9.17) is 4.74 Å². The highest BCUT2D eigenvalue weighted by molar-refractivity contribution is 6.28. The number of halogens is 3. The van der Waals surface area contributed by atoms with Crippen molar-refractivity contribution in [2.45, 2.75) is 32.0 Å². The van der Waals surface area contributed by atoms with Crippen molar-refractivity contribution in [3.05, 3.63) is 53.1 Å². The van der Waals surface area contributed by atoms with E-state index in [1.165, 1.54) is 6.08 Å². The normalized spacial score (nSPS) is 22.3. The molecular formula is C19H18F3NO4. The molecule has 0 amide bonds. The molecule has 0 aliphatic heterocycles. The van der Waals surface area contributed by atoms with Gasteiger partial charge in [-0.25, -0.2) is 4.98 Å². The lowest BCUT2D eigenvalue weighted by Gasteiger charge is -2.21. The van der Waals surface area contributed by atoms with Gasteiger partial charge >= 0.3 is 6.18 Å². The minimum Gasteiger partial charge on any atom is -0.511 e. The van der Waals surface area contributed by atoms with Crippen LogP contribution >= 0.6 is 0 Å². The average molecular weight is 381 g/mol. The van der Waals surface area contributed by atoms with E-state index in [9.17, 15) is 27.9 Å². The predicted octanol–water partition coefficient (Wildman–Crippen LogP) is 3.80. The summed E-state index contributed by atoms with van der Waals surface area (Å²) in [5, 5.41) is 10.3. The summed E-state index contributed by atoms with van der Waals surface area (Å²) in [6.07, 6.45) is -1.58. The van der Waals surface area contributed by atoms with Gasteiger partial charge in [-0.2, -0.15) is 13.2 Å². The van der Waals surface area contributed by atoms with Gasteiger partial charge in [0.25, 0.3) is 0 Å². The van der Waals surface area contributed by atoms with Crippen molar-refractivity contribution in [2.75, 3.05) is 6.61 Å². The van der Waals surface area contributed by atoms with Crippen molar-refractivity contribution in [1.29, 1.82) is 0 Å². The van der Waals surface area contributed by atoms with Crippen LogP contribution in [0.25, 0.3) is 0 Å². The zero-order chi connectivity index (χ0) is 19.8. The van der Waals surface area contributed by atoms with Gasteiger partial charge in [-0.05, 0) is 31.4 Å². The van der Waals surface area contributed by atoms with Crippen molar-refractivity contribution >= 4 is 11.6 Å². The Morgan fingerprint density at radius 3 is 2.70 bits per heavy atom. The molecule has 5 nitrogen and oxygen atoms in total. The van der Waals surface area contributed by atoms with Crippen LogP contribution in [0, 0.1) is 11.8 Å². The standard InChI is InChI=1S/C19H18F3NO4/c1-2-7-27-9-13-12(5-6-14(23-13)19(20,21)22)18(26)15-16(24)10-3-4-11(8-10)17(15)25/h2,5-6,10-11,24H,1,3-4,7-9H2. The number of ether oxygens (including phenoxy) is 1. The van der Waals surface area contributed by atoms with Crippen molar-refractivity contribution < 1.29 is 32.6 Å². The highest BCUT2D eigenvalue weighted by atomic mass is 19.4. The average Bonchev–Trinajstić information content (AvgIpc) is 3.07. The van der Waals surface area contributed by atoms with Gasteiger partial charge in [-0.3, -0.25) is 9.59 Å². The number of rotatable bonds is 6. The van der Waals surface area contributed by atoms with Crippen molar-refractivity contribution in [3.8, 4) is 0 Å². The smallest absolute Gasteiger partial charge is 0.433 e. The SMILES string of the molecule is C=CCOCc1nc(C(F)(F)F)ccc1C(=O)C1=C(O)C2CCC(C2)C1=O. The van der Waals surface area contributed by atoms with Crippen LogP contribution < -0.4 is 0 Å². The minimum atomic E-state index is -4.68. The second kappa shape index (κ2) is 7.26. The first-order valence-electron chi connectivity index (χ1n) is 8.51. The van der Waals surface area contributed by atoms with E-state index in [0.29, 0.717) is 25.3 Å². The number of aliphatic hydroxyl groups is 1. The Hall–Kier alpha value is -2.48. The number of ketones is 2. The van der Waals surface area contributed by atoms with E-state index in [1.807, 2.05) is 0 Å². The largest absolute Gasteiger partial charge is 0.511 e. The Bertz CT molecular complexity index is 829. The summed E-state index contributed by atoms with van der Waals surface area (Å²) in [6.45, 7) is 3.15. The zero-order valence-corrected chi connectivity index (χ0v) is 14.4. The van der Waals surface area contributed by atoms with Crippen LogP contribution in [0.1, 0.15) is 41.0 Å². The molecule has 2 atom stereocenters. The van der Waals surface area contributed by atoms with Crippen LogP contribution in [-0.4, -0.2) is 28.3 Å². The summed E-state index contributed by atoms with van der Waals surface area (Å²) in [7, 11) is 0. The lowest BCUT2D eigenvalue weighted by Crippen LogP contribution is -2.28. The van der Waals surface area contributed by atoms with Crippen LogP contribution in [0.2, 0.25) is 0 Å². The van der Waals surface area contributed by atoms with E-state index in [2.05, 4.69) is 11.6 Å². The molecule has 2 unspecified atom stereocenters. The molecule has 0 saturated heterocycles. The van der Waals surface area contributed by atoms with Gasteiger partial charge in [0.05, 0.1) is 18.9 Å². The number of pyridine rings is 1. The van der Waals surface area contributed by atoms with Gasteiger partial charge in [0.15, 0.2) is 5.78 Å². The van der Waals surface area contributed by atoms with Crippen molar-refractivity contribution in [1.82, 2.24) is 4.98 Å². The summed E-state index contributed by atoms with van der Waals surface area (Å²) in [4.78, 5) is 29.0. The monoisotopic (exact) mass is 381 g/mol. The lowest BCUT2D eigenvalue weighted by molar-refractivity contribution is -0.141. The predicted molar refractivity (Wildman–Crippen MR) is 88.9 cm³/mol. The van der Waals surface area contributed by atoms with Gasteiger partial charge in [-0.1, -0.05) is 6.08 Å². The van der Waals surface area contributed by atoms with E-state index in [-0.39, 0.29) is 47.6 Å². The number of carbonyl (C=O) groups excluding carboxylic acids is 2. The Labute approximate surface area is 153 Å². The molecule has 27 heavy (non-hydrogen) atoms. The van der Waals surface area contributed by atoms with Crippen LogP contribution in [-0.2, 0) is 22.3 Å². The van der Waals surface area contributed by atoms with Crippen LogP contribution in [0.5, 0.6) is 0 Å². The number of allylic oxidation sites excluding steroid dienone is 2. The third-order valence-electron chi connectivity index (χ3n) is 4.90. The van der Waals surface area contributed by atoms with Crippen LogP contribution in [0.4, 0.5) is 13.2 Å². The Kier molecular flexibility index (Phi) is 5.19. The fourth-order valence-corrected chi connectivity index (χ4v) is 3.58. The maximum atomic E-state index is 13.0. The molecule has 0 radical (unpaired) electrons. The van der Waals surface area contributed by atoms with Gasteiger partial charge in [0.1, 0.15) is 17.0 Å². The number of aromatic nitrogens is 1. The molecule has 1 aromatic heterocycles. The zero-order valence-electron chi connectivity index (χ0n) is 14.4. The summed E-state index contributed by atoms with van der Waals surface area (Å²) in [6, 6.07) is 1.67. The second-order valence-corrected chi connectivity index (χ2v) is 6.65. The number of nitrogens with zero attached hydrogens (tertiary/aromatic N) is 1. The first-order chi connectivity index (χ1) is 12.7. The molecule has 144 valence electrons. The minimum absolute atomic E-state index is 0.0581. The fourth-order valence-electron chi connectivity index (χ4n) is 3.58. The Balaban J connectivity index is 2.01. The number of hydrogen-bond donors (Lipinski definition) is 1. The molecule has 1 saturated carbocycles. The number of alkyl halides is 3. The number of Topliss-reactive ketones (excluding diaryl/α,β-unsaturated/α-hetero) is 2. The molecule has 1 aromatic rings. The molecule has 1 N–H and O–H groups in total. The second-order valence-electron chi connectivity index (χ2n) is 6.65. The molecule has 1 fully saturated rings. The van der Waals surface area contributed by atoms with E-state index >= 15 is 0 Å². The number of hydrogen-bond acceptors (Lipinski definition) is 5. The summed E-state index contributed by atoms with van der Waals surface area (Å²) >= 11 is 0. The maximum Gasteiger partial charge on any atom is 0.433 e. The molecule has 1 heterocycles. The number of carbonyl (C=O) groups is 2. The van der Waals surface area contributed by atoms with Crippen LogP contribution in [0.15, 0.2) is 36.1 Å². The van der Waals surface area contributed by atoms with Crippen molar-refractivity contribution in [2.24, 2.45) is 11.8 Å². The summed E-state index contributed by atoms with van der Waals surface area (Å²) < 4.78 is 44.1. The third-order valence-corrected chi connectivity index (χ3v) is 4.90. The molecule has 0 aromatic carbocycles. The van der Waals surface area contributed by atoms with Gasteiger partial charge in [-0.15, -0.1) is 6.58 Å². The van der Waals surface area contributed by atoms with Gasteiger partial charge in [0, 0.05) is 17.4 Å².